The van der Waals surface area contributed by atoms with Crippen LogP contribution < -0.4 is 5.34 Å². The minimum absolute atomic E-state index is 0.0975. The van der Waals surface area contributed by atoms with E-state index in [-0.39, 0.29) is 11.3 Å². The number of nitrogens with zero attached hydrogens (tertiary/aromatic N) is 1. The van der Waals surface area contributed by atoms with Crippen molar-refractivity contribution in [1.29, 1.82) is 0 Å². The van der Waals surface area contributed by atoms with Crippen LogP contribution in [0.3, 0.4) is 0 Å². The number of methoxy groups -OCH3 is 1. The molecule has 1 aromatic carbocycles. The lowest BCUT2D eigenvalue weighted by Crippen LogP contribution is -2.03. The van der Waals surface area contributed by atoms with Crippen LogP contribution in [0.15, 0.2) is 24.3 Å². The molecule has 70 valence electrons. The van der Waals surface area contributed by atoms with E-state index in [1.165, 1.54) is 25.3 Å². The van der Waals surface area contributed by atoms with E-state index in [1.54, 1.807) is 0 Å². The molecule has 0 amide bonds. The highest BCUT2D eigenvalue weighted by molar-refractivity contribution is 5.90. The van der Waals surface area contributed by atoms with Crippen LogP contribution in [0.2, 0.25) is 0 Å². The molecule has 0 aliphatic rings. The van der Waals surface area contributed by atoms with Gasteiger partial charge in [0.25, 0.3) is 0 Å². The Morgan fingerprint density at radius 3 is 2.69 bits per heavy atom. The fourth-order valence-corrected chi connectivity index (χ4v) is 0.856. The van der Waals surface area contributed by atoms with Crippen LogP contribution in [-0.4, -0.2) is 13.1 Å². The largest absolute Gasteiger partial charge is 0.465 e. The third-order valence-corrected chi connectivity index (χ3v) is 1.46. The van der Waals surface area contributed by atoms with Crippen LogP contribution in [0.5, 0.6) is 0 Å². The van der Waals surface area contributed by atoms with E-state index < -0.39 is 11.3 Å². The molecular formula is C8H7F2NO2. The first-order chi connectivity index (χ1) is 6.15. The summed E-state index contributed by atoms with van der Waals surface area (Å²) in [5.74, 6) is -0.635. The molecule has 0 N–H and O–H groups in total. The Kier molecular flexibility index (Phi) is 2.79. The number of hydrogen-bond donors (Lipinski definition) is 0. The molecular weight excluding hydrogens is 180 g/mol. The van der Waals surface area contributed by atoms with Gasteiger partial charge in [-0.05, 0) is 23.5 Å². The van der Waals surface area contributed by atoms with Crippen molar-refractivity contribution in [2.24, 2.45) is 0 Å². The molecule has 0 radical (unpaired) electrons. The molecule has 0 bridgehead atoms. The molecule has 0 heterocycles. The molecule has 0 aromatic heterocycles. The van der Waals surface area contributed by atoms with Gasteiger partial charge in [-0.15, -0.1) is 0 Å². The first-order valence-electron chi connectivity index (χ1n) is 3.45. The standard InChI is InChI=1S/C8H7F2NO2/c1-13-8(12)6-3-2-4-7(5-6)11(9)10/h2-5H,1H3. The average Bonchev–Trinajstić information content (AvgIpc) is 2.17. The summed E-state index contributed by atoms with van der Waals surface area (Å²) in [6, 6.07) is 4.99. The minimum atomic E-state index is -1.06. The van der Waals surface area contributed by atoms with Crippen molar-refractivity contribution >= 4 is 11.7 Å². The van der Waals surface area contributed by atoms with Gasteiger partial charge in [-0.2, -0.15) is 0 Å². The summed E-state index contributed by atoms with van der Waals surface area (Å²) in [6.45, 7) is 0. The minimum Gasteiger partial charge on any atom is -0.465 e. The summed E-state index contributed by atoms with van der Waals surface area (Å²) in [4.78, 5) is 10.9. The van der Waals surface area contributed by atoms with E-state index in [2.05, 4.69) is 4.74 Å². The van der Waals surface area contributed by atoms with Gasteiger partial charge in [0.2, 0.25) is 0 Å². The number of carbonyl (C=O) groups is 1. The third-order valence-electron chi connectivity index (χ3n) is 1.46. The number of halogens is 2. The topological polar surface area (TPSA) is 29.5 Å². The van der Waals surface area contributed by atoms with Crippen LogP contribution in [0, 0.1) is 0 Å². The first-order valence-corrected chi connectivity index (χ1v) is 3.45. The average molecular weight is 187 g/mol. The van der Waals surface area contributed by atoms with Gasteiger partial charge in [-0.3, -0.25) is 0 Å². The summed E-state index contributed by atoms with van der Waals surface area (Å²) < 4.78 is 28.4. The molecule has 13 heavy (non-hydrogen) atoms. The zero-order valence-corrected chi connectivity index (χ0v) is 6.83. The molecule has 1 aromatic rings. The maximum Gasteiger partial charge on any atom is 0.337 e. The smallest absolute Gasteiger partial charge is 0.337 e. The summed E-state index contributed by atoms with van der Waals surface area (Å²) in [6.07, 6.45) is 0. The van der Waals surface area contributed by atoms with Gasteiger partial charge in [0.15, 0.2) is 0 Å². The van der Waals surface area contributed by atoms with E-state index in [0.717, 1.165) is 6.07 Å². The Hall–Kier alpha value is -1.65. The predicted molar refractivity (Wildman–Crippen MR) is 42.5 cm³/mol. The summed E-state index contributed by atoms with van der Waals surface area (Å²) in [5, 5.41) is -1.06. The van der Waals surface area contributed by atoms with Crippen molar-refractivity contribution in [2.75, 3.05) is 12.5 Å². The first kappa shape index (κ1) is 9.44. The van der Waals surface area contributed by atoms with Gasteiger partial charge in [-0.1, -0.05) is 15.0 Å². The third kappa shape index (κ3) is 2.14. The van der Waals surface area contributed by atoms with Gasteiger partial charge in [0, 0.05) is 0 Å². The molecule has 0 spiro atoms. The van der Waals surface area contributed by atoms with Crippen LogP contribution in [0.25, 0.3) is 0 Å². The molecule has 0 fully saturated rings. The molecule has 0 saturated carbocycles. The van der Waals surface area contributed by atoms with Crippen LogP contribution in [0.1, 0.15) is 10.4 Å². The summed E-state index contributed by atoms with van der Waals surface area (Å²) in [5.41, 5.74) is -0.247. The quantitative estimate of drug-likeness (QED) is 0.524. The molecule has 1 rings (SSSR count). The Bertz CT molecular complexity index is 315. The fourth-order valence-electron chi connectivity index (χ4n) is 0.856. The van der Waals surface area contributed by atoms with Crippen molar-refractivity contribution in [2.45, 2.75) is 0 Å². The van der Waals surface area contributed by atoms with Crippen molar-refractivity contribution in [3.05, 3.63) is 29.8 Å². The number of rotatable bonds is 2. The second-order valence-corrected chi connectivity index (χ2v) is 2.27. The molecule has 5 heteroatoms. The molecule has 0 aliphatic heterocycles. The SMILES string of the molecule is COC(=O)c1cccc(N(F)F)c1. The van der Waals surface area contributed by atoms with Crippen LogP contribution in [0.4, 0.5) is 14.6 Å². The maximum absolute atomic E-state index is 12.0. The number of esters is 1. The van der Waals surface area contributed by atoms with Gasteiger partial charge >= 0.3 is 5.97 Å². The van der Waals surface area contributed by atoms with E-state index >= 15 is 0 Å². The van der Waals surface area contributed by atoms with Crippen LogP contribution in [-0.2, 0) is 4.74 Å². The number of ether oxygens (including phenoxy) is 1. The van der Waals surface area contributed by atoms with Gasteiger partial charge in [0.1, 0.15) is 5.69 Å². The van der Waals surface area contributed by atoms with Crippen LogP contribution >= 0.6 is 0 Å². The normalized spacial score (nSPS) is 9.46. The fraction of sp³-hybridized carbons (Fsp3) is 0.125. The number of anilines is 1. The maximum atomic E-state index is 12.0. The summed E-state index contributed by atoms with van der Waals surface area (Å²) in [7, 11) is 1.19. The molecule has 0 saturated heterocycles. The van der Waals surface area contributed by atoms with Gasteiger partial charge < -0.3 is 4.74 Å². The van der Waals surface area contributed by atoms with Gasteiger partial charge in [-0.25, -0.2) is 4.79 Å². The Labute approximate surface area is 73.4 Å². The monoisotopic (exact) mass is 187 g/mol. The Balaban J connectivity index is 2.98. The van der Waals surface area contributed by atoms with Crippen molar-refractivity contribution < 1.29 is 18.5 Å². The van der Waals surface area contributed by atoms with Gasteiger partial charge in [0.05, 0.1) is 12.7 Å². The second-order valence-electron chi connectivity index (χ2n) is 2.27. The van der Waals surface area contributed by atoms with Crippen molar-refractivity contribution in [1.82, 2.24) is 0 Å². The summed E-state index contributed by atoms with van der Waals surface area (Å²) >= 11 is 0. The van der Waals surface area contributed by atoms with E-state index in [0.29, 0.717) is 0 Å². The zero-order valence-electron chi connectivity index (χ0n) is 6.83. The predicted octanol–water partition coefficient (Wildman–Crippen LogP) is 2.05. The number of carbonyl (C=O) groups excluding carboxylic acids is 1. The molecule has 0 aliphatic carbocycles. The van der Waals surface area contributed by atoms with E-state index in [9.17, 15) is 13.8 Å². The highest BCUT2D eigenvalue weighted by Crippen LogP contribution is 2.17. The number of hydrogen-bond acceptors (Lipinski definition) is 3. The Morgan fingerprint density at radius 2 is 2.15 bits per heavy atom. The lowest BCUT2D eigenvalue weighted by atomic mass is 10.2. The van der Waals surface area contributed by atoms with E-state index in [4.69, 9.17) is 0 Å². The van der Waals surface area contributed by atoms with Crippen molar-refractivity contribution in [3.8, 4) is 0 Å². The second kappa shape index (κ2) is 3.84. The molecule has 3 nitrogen and oxygen atoms in total. The number of benzene rings is 1. The van der Waals surface area contributed by atoms with Crippen molar-refractivity contribution in [3.63, 3.8) is 0 Å². The molecule has 0 atom stereocenters. The lowest BCUT2D eigenvalue weighted by Gasteiger charge is -2.03. The van der Waals surface area contributed by atoms with E-state index in [1.807, 2.05) is 0 Å². The molecule has 0 unspecified atom stereocenters. The highest BCUT2D eigenvalue weighted by atomic mass is 19.4. The zero-order chi connectivity index (χ0) is 9.84. The highest BCUT2D eigenvalue weighted by Gasteiger charge is 2.08. The lowest BCUT2D eigenvalue weighted by molar-refractivity contribution is 0.0600. The Morgan fingerprint density at radius 1 is 1.46 bits per heavy atom.